The summed E-state index contributed by atoms with van der Waals surface area (Å²) >= 11 is 0. The van der Waals surface area contributed by atoms with Crippen LogP contribution in [0.4, 0.5) is 5.69 Å². The fourth-order valence-corrected chi connectivity index (χ4v) is 2.35. The number of hydrogen-bond acceptors (Lipinski definition) is 1. The van der Waals surface area contributed by atoms with Crippen molar-refractivity contribution in [2.24, 2.45) is 0 Å². The number of benzene rings is 1. The molecule has 0 spiro atoms. The molecule has 0 heterocycles. The summed E-state index contributed by atoms with van der Waals surface area (Å²) in [6, 6.07) is 8.47. The van der Waals surface area contributed by atoms with Crippen molar-refractivity contribution in [2.45, 2.75) is 64.7 Å². The minimum absolute atomic E-state index is 1.03. The van der Waals surface area contributed by atoms with Gasteiger partial charge >= 0.3 is 0 Å². The Balaban J connectivity index is 2.10. The lowest BCUT2D eigenvalue weighted by Crippen LogP contribution is -2.07. The highest BCUT2D eigenvalue weighted by atomic mass is 15.1. The van der Waals surface area contributed by atoms with Crippen LogP contribution in [0.3, 0.4) is 0 Å². The third-order valence-corrected chi connectivity index (χ3v) is 3.77. The molecule has 1 aromatic rings. The third kappa shape index (κ3) is 8.45. The normalized spacial score (nSPS) is 10.0. The lowest BCUT2D eigenvalue weighted by Gasteiger charge is -2.11. The van der Waals surface area contributed by atoms with Gasteiger partial charge in [-0.25, -0.2) is 0 Å². The van der Waals surface area contributed by atoms with Crippen LogP contribution < -0.4 is 4.90 Å². The van der Waals surface area contributed by atoms with Crippen molar-refractivity contribution in [3.05, 3.63) is 29.8 Å². The minimum atomic E-state index is 1.03. The van der Waals surface area contributed by atoms with Crippen molar-refractivity contribution < 1.29 is 0 Å². The molecule has 1 heteroatoms. The molecule has 0 aromatic heterocycles. The number of nitrogens with zero attached hydrogens (tertiary/aromatic N) is 1. The molecule has 0 radical (unpaired) electrons. The second-order valence-electron chi connectivity index (χ2n) is 5.97. The number of hydrogen-bond donors (Lipinski definition) is 0. The predicted molar refractivity (Wildman–Crippen MR) is 94.9 cm³/mol. The molecule has 0 bridgehead atoms. The number of unbranched alkanes of at least 4 members (excludes halogenated alkanes) is 8. The third-order valence-electron chi connectivity index (χ3n) is 3.77. The van der Waals surface area contributed by atoms with Crippen molar-refractivity contribution in [3.63, 3.8) is 0 Å². The molecule has 0 aliphatic carbocycles. The molecule has 0 aliphatic heterocycles. The van der Waals surface area contributed by atoms with Gasteiger partial charge in [-0.05, 0) is 30.7 Å². The molecular formula is C20H31N. The average Bonchev–Trinajstić information content (AvgIpc) is 2.49. The van der Waals surface area contributed by atoms with E-state index in [2.05, 4.69) is 62.0 Å². The van der Waals surface area contributed by atoms with Crippen molar-refractivity contribution in [2.75, 3.05) is 19.0 Å². The van der Waals surface area contributed by atoms with Crippen LogP contribution in [0, 0.1) is 11.8 Å². The summed E-state index contributed by atoms with van der Waals surface area (Å²) in [5, 5.41) is 0. The maximum atomic E-state index is 3.30. The Morgan fingerprint density at radius 1 is 0.810 bits per heavy atom. The zero-order valence-electron chi connectivity index (χ0n) is 14.1. The molecule has 0 saturated carbocycles. The molecule has 116 valence electrons. The van der Waals surface area contributed by atoms with Gasteiger partial charge in [0, 0.05) is 31.8 Å². The summed E-state index contributed by atoms with van der Waals surface area (Å²) in [5.41, 5.74) is 2.35. The zero-order chi connectivity index (χ0) is 15.3. The maximum Gasteiger partial charge on any atom is 0.0361 e. The molecule has 21 heavy (non-hydrogen) atoms. The second kappa shape index (κ2) is 11.3. The van der Waals surface area contributed by atoms with Gasteiger partial charge in [-0.15, -0.1) is 0 Å². The Labute approximate surface area is 131 Å². The second-order valence-corrected chi connectivity index (χ2v) is 5.97. The fraction of sp³-hybridized carbons (Fsp3) is 0.600. The number of anilines is 1. The average molecular weight is 285 g/mol. The van der Waals surface area contributed by atoms with E-state index in [1.165, 1.54) is 57.1 Å². The quantitative estimate of drug-likeness (QED) is 0.419. The highest BCUT2D eigenvalue weighted by Gasteiger charge is 1.93. The van der Waals surface area contributed by atoms with Gasteiger partial charge in [0.1, 0.15) is 0 Å². The first-order valence-electron chi connectivity index (χ1n) is 8.50. The Morgan fingerprint density at radius 3 is 1.95 bits per heavy atom. The van der Waals surface area contributed by atoms with E-state index in [1.54, 1.807) is 0 Å². The van der Waals surface area contributed by atoms with Crippen molar-refractivity contribution >= 4 is 5.69 Å². The van der Waals surface area contributed by atoms with Gasteiger partial charge in [-0.2, -0.15) is 0 Å². The summed E-state index contributed by atoms with van der Waals surface area (Å²) in [6.07, 6.45) is 12.0. The van der Waals surface area contributed by atoms with Crippen LogP contribution in [0.1, 0.15) is 70.3 Å². The van der Waals surface area contributed by atoms with Gasteiger partial charge in [0.25, 0.3) is 0 Å². The van der Waals surface area contributed by atoms with E-state index in [0.29, 0.717) is 0 Å². The molecule has 0 unspecified atom stereocenters. The SMILES string of the molecule is CCCCCCCCCCC#Cc1ccc(N(C)C)cc1. The molecule has 1 nitrogen and oxygen atoms in total. The number of rotatable bonds is 9. The van der Waals surface area contributed by atoms with Gasteiger partial charge in [0.15, 0.2) is 0 Å². The molecule has 0 amide bonds. The Bertz CT molecular complexity index is 419. The lowest BCUT2D eigenvalue weighted by atomic mass is 10.1. The molecule has 0 atom stereocenters. The minimum Gasteiger partial charge on any atom is -0.378 e. The molecule has 1 rings (SSSR count). The Kier molecular flexibility index (Phi) is 9.46. The lowest BCUT2D eigenvalue weighted by molar-refractivity contribution is 0.579. The predicted octanol–water partition coefficient (Wildman–Crippen LogP) is 5.63. The van der Waals surface area contributed by atoms with Crippen LogP contribution >= 0.6 is 0 Å². The molecular weight excluding hydrogens is 254 g/mol. The van der Waals surface area contributed by atoms with Crippen LogP contribution in [0.15, 0.2) is 24.3 Å². The van der Waals surface area contributed by atoms with Crippen LogP contribution in [-0.4, -0.2) is 14.1 Å². The van der Waals surface area contributed by atoms with E-state index in [1.807, 2.05) is 0 Å². The standard InChI is InChI=1S/C20H31N/c1-4-5-6-7-8-9-10-11-12-13-14-19-15-17-20(18-16-19)21(2)3/h15-18H,4-12H2,1-3H3. The van der Waals surface area contributed by atoms with E-state index in [4.69, 9.17) is 0 Å². The van der Waals surface area contributed by atoms with Crippen molar-refractivity contribution in [3.8, 4) is 11.8 Å². The Morgan fingerprint density at radius 2 is 1.38 bits per heavy atom. The first-order chi connectivity index (χ1) is 10.2. The molecule has 0 aliphatic rings. The van der Waals surface area contributed by atoms with Gasteiger partial charge in [0.2, 0.25) is 0 Å². The summed E-state index contributed by atoms with van der Waals surface area (Å²) in [4.78, 5) is 2.11. The molecule has 0 fully saturated rings. The van der Waals surface area contributed by atoms with E-state index < -0.39 is 0 Å². The van der Waals surface area contributed by atoms with E-state index in [-0.39, 0.29) is 0 Å². The largest absolute Gasteiger partial charge is 0.378 e. The summed E-state index contributed by atoms with van der Waals surface area (Å²) in [6.45, 7) is 2.27. The van der Waals surface area contributed by atoms with E-state index in [0.717, 1.165) is 12.0 Å². The van der Waals surface area contributed by atoms with E-state index in [9.17, 15) is 0 Å². The van der Waals surface area contributed by atoms with Gasteiger partial charge in [-0.3, -0.25) is 0 Å². The van der Waals surface area contributed by atoms with E-state index >= 15 is 0 Å². The van der Waals surface area contributed by atoms with Crippen molar-refractivity contribution in [1.29, 1.82) is 0 Å². The van der Waals surface area contributed by atoms with Gasteiger partial charge < -0.3 is 4.90 Å². The highest BCUT2D eigenvalue weighted by molar-refractivity contribution is 5.49. The van der Waals surface area contributed by atoms with Gasteiger partial charge in [-0.1, -0.05) is 63.7 Å². The summed E-state index contributed by atoms with van der Waals surface area (Å²) < 4.78 is 0. The molecule has 1 aromatic carbocycles. The Hall–Kier alpha value is -1.42. The topological polar surface area (TPSA) is 3.24 Å². The monoisotopic (exact) mass is 285 g/mol. The van der Waals surface area contributed by atoms with Crippen LogP contribution in [0.25, 0.3) is 0 Å². The van der Waals surface area contributed by atoms with Gasteiger partial charge in [0.05, 0.1) is 0 Å². The van der Waals surface area contributed by atoms with Crippen LogP contribution in [-0.2, 0) is 0 Å². The summed E-state index contributed by atoms with van der Waals surface area (Å²) in [7, 11) is 4.12. The smallest absolute Gasteiger partial charge is 0.0361 e. The highest BCUT2D eigenvalue weighted by Crippen LogP contribution is 2.12. The molecule has 0 N–H and O–H groups in total. The fourth-order valence-electron chi connectivity index (χ4n) is 2.35. The zero-order valence-corrected chi connectivity index (χ0v) is 14.1. The summed E-state index contributed by atoms with van der Waals surface area (Å²) in [5.74, 6) is 6.56. The van der Waals surface area contributed by atoms with Crippen LogP contribution in [0.2, 0.25) is 0 Å². The first kappa shape index (κ1) is 17.6. The molecule has 0 saturated heterocycles. The van der Waals surface area contributed by atoms with Crippen molar-refractivity contribution in [1.82, 2.24) is 0 Å². The first-order valence-corrected chi connectivity index (χ1v) is 8.50. The maximum absolute atomic E-state index is 3.30. The van der Waals surface area contributed by atoms with Crippen LogP contribution in [0.5, 0.6) is 0 Å².